The van der Waals surface area contributed by atoms with E-state index >= 15 is 0 Å². The Morgan fingerprint density at radius 1 is 1.18 bits per heavy atom. The van der Waals surface area contributed by atoms with Gasteiger partial charge in [0.1, 0.15) is 5.56 Å². The van der Waals surface area contributed by atoms with E-state index in [0.717, 1.165) is 16.6 Å². The van der Waals surface area contributed by atoms with Crippen LogP contribution in [0.4, 0.5) is 11.4 Å². The van der Waals surface area contributed by atoms with Gasteiger partial charge < -0.3 is 10.4 Å². The predicted octanol–water partition coefficient (Wildman–Crippen LogP) is 4.64. The molecule has 0 fully saturated rings. The van der Waals surface area contributed by atoms with Gasteiger partial charge in [0.05, 0.1) is 11.2 Å². The van der Waals surface area contributed by atoms with Crippen molar-refractivity contribution >= 4 is 39.8 Å². The Morgan fingerprint density at radius 2 is 1.91 bits per heavy atom. The molecule has 2 aromatic carbocycles. The first-order valence-electron chi connectivity index (χ1n) is 6.71. The molecular formula is C17H13ClN2O2. The molecule has 22 heavy (non-hydrogen) atoms. The number of halogens is 1. The van der Waals surface area contributed by atoms with Crippen molar-refractivity contribution in [3.05, 3.63) is 64.8 Å². The highest BCUT2D eigenvalue weighted by atomic mass is 35.5. The number of carbonyl (C=O) groups is 1. The number of nitrogens with one attached hydrogen (secondary N) is 1. The van der Waals surface area contributed by atoms with E-state index in [0.29, 0.717) is 16.2 Å². The largest absolute Gasteiger partial charge is 0.478 e. The molecule has 0 spiro atoms. The molecule has 0 atom stereocenters. The Labute approximate surface area is 132 Å². The second-order valence-corrected chi connectivity index (χ2v) is 5.32. The maximum absolute atomic E-state index is 11.5. The van der Waals surface area contributed by atoms with E-state index in [1.165, 1.54) is 6.20 Å². The minimum Gasteiger partial charge on any atom is -0.478 e. The third-order valence-electron chi connectivity index (χ3n) is 3.50. The van der Waals surface area contributed by atoms with Gasteiger partial charge in [-0.05, 0) is 36.8 Å². The van der Waals surface area contributed by atoms with Gasteiger partial charge in [0.2, 0.25) is 0 Å². The lowest BCUT2D eigenvalue weighted by Crippen LogP contribution is -2.05. The maximum Gasteiger partial charge on any atom is 0.339 e. The van der Waals surface area contributed by atoms with E-state index in [1.807, 2.05) is 37.3 Å². The van der Waals surface area contributed by atoms with E-state index in [4.69, 9.17) is 11.6 Å². The molecule has 0 radical (unpaired) electrons. The number of nitrogens with zero attached hydrogens (tertiary/aromatic N) is 1. The van der Waals surface area contributed by atoms with Gasteiger partial charge in [-0.2, -0.15) is 0 Å². The van der Waals surface area contributed by atoms with Crippen molar-refractivity contribution in [2.45, 2.75) is 6.92 Å². The van der Waals surface area contributed by atoms with Crippen LogP contribution in [0.5, 0.6) is 0 Å². The van der Waals surface area contributed by atoms with Crippen LogP contribution in [0.2, 0.25) is 5.02 Å². The van der Waals surface area contributed by atoms with Crippen LogP contribution in [0, 0.1) is 6.92 Å². The topological polar surface area (TPSA) is 62.2 Å². The Hall–Kier alpha value is -2.59. The minimum atomic E-state index is -1.03. The van der Waals surface area contributed by atoms with Crippen molar-refractivity contribution in [3.8, 4) is 0 Å². The first-order chi connectivity index (χ1) is 10.6. The van der Waals surface area contributed by atoms with Crippen molar-refractivity contribution in [2.24, 2.45) is 0 Å². The molecule has 5 heteroatoms. The van der Waals surface area contributed by atoms with E-state index in [-0.39, 0.29) is 5.56 Å². The van der Waals surface area contributed by atoms with Gasteiger partial charge in [-0.3, -0.25) is 4.98 Å². The van der Waals surface area contributed by atoms with Crippen LogP contribution < -0.4 is 5.32 Å². The first-order valence-corrected chi connectivity index (χ1v) is 7.09. The monoisotopic (exact) mass is 312 g/mol. The number of aromatic carboxylic acids is 1. The highest BCUT2D eigenvalue weighted by Crippen LogP contribution is 2.33. The summed E-state index contributed by atoms with van der Waals surface area (Å²) < 4.78 is 0. The normalized spacial score (nSPS) is 10.6. The molecule has 2 N–H and O–H groups in total. The molecule has 3 rings (SSSR count). The summed E-state index contributed by atoms with van der Waals surface area (Å²) in [5.74, 6) is -1.03. The van der Waals surface area contributed by atoms with Crippen molar-refractivity contribution in [2.75, 3.05) is 5.32 Å². The van der Waals surface area contributed by atoms with Crippen molar-refractivity contribution in [1.29, 1.82) is 0 Å². The molecule has 110 valence electrons. The predicted molar refractivity (Wildman–Crippen MR) is 88.2 cm³/mol. The molecule has 3 aromatic rings. The summed E-state index contributed by atoms with van der Waals surface area (Å²) in [6.07, 6.45) is 1.36. The Bertz CT molecular complexity index is 863. The summed E-state index contributed by atoms with van der Waals surface area (Å²) in [6.45, 7) is 1.87. The van der Waals surface area contributed by atoms with Crippen LogP contribution in [0.25, 0.3) is 10.9 Å². The minimum absolute atomic E-state index is 0.123. The first kappa shape index (κ1) is 14.4. The molecule has 0 aliphatic heterocycles. The average molecular weight is 313 g/mol. The van der Waals surface area contributed by atoms with E-state index in [1.54, 1.807) is 12.1 Å². The van der Waals surface area contributed by atoms with Gasteiger partial charge in [0, 0.05) is 22.3 Å². The number of fused-ring (bicyclic) bond motifs is 1. The number of hydrogen-bond acceptors (Lipinski definition) is 3. The fourth-order valence-electron chi connectivity index (χ4n) is 2.35. The van der Waals surface area contributed by atoms with Crippen LogP contribution in [-0.2, 0) is 0 Å². The molecule has 0 aliphatic carbocycles. The Balaban J connectivity index is 2.26. The van der Waals surface area contributed by atoms with Gasteiger partial charge in [-0.25, -0.2) is 4.79 Å². The highest BCUT2D eigenvalue weighted by Gasteiger charge is 2.16. The number of pyridine rings is 1. The lowest BCUT2D eigenvalue weighted by molar-refractivity contribution is 0.0697. The smallest absolute Gasteiger partial charge is 0.339 e. The van der Waals surface area contributed by atoms with Gasteiger partial charge >= 0.3 is 5.97 Å². The molecule has 0 saturated heterocycles. The van der Waals surface area contributed by atoms with Crippen LogP contribution in [0.3, 0.4) is 0 Å². The number of hydrogen-bond donors (Lipinski definition) is 2. The lowest BCUT2D eigenvalue weighted by Gasteiger charge is -2.14. The van der Waals surface area contributed by atoms with Crippen molar-refractivity contribution in [1.82, 2.24) is 4.98 Å². The number of aryl methyl sites for hydroxylation is 1. The van der Waals surface area contributed by atoms with Crippen LogP contribution >= 0.6 is 11.6 Å². The fourth-order valence-corrected chi connectivity index (χ4v) is 2.50. The van der Waals surface area contributed by atoms with Gasteiger partial charge in [-0.15, -0.1) is 0 Å². The highest BCUT2D eigenvalue weighted by molar-refractivity contribution is 6.32. The number of para-hydroxylation sites is 1. The zero-order chi connectivity index (χ0) is 15.7. The Morgan fingerprint density at radius 3 is 2.59 bits per heavy atom. The fraction of sp³-hybridized carbons (Fsp3) is 0.0588. The SMILES string of the molecule is Cc1c(Cl)ccc2c(Nc3ccccc3)c(C(=O)O)cnc12. The molecule has 1 heterocycles. The van der Waals surface area contributed by atoms with Crippen molar-refractivity contribution in [3.63, 3.8) is 0 Å². The molecule has 0 saturated carbocycles. The molecule has 0 aliphatic rings. The third kappa shape index (κ3) is 2.49. The standard InChI is InChI=1S/C17H13ClN2O2/c1-10-14(18)8-7-12-15(10)19-9-13(17(21)22)16(12)20-11-5-3-2-4-6-11/h2-9H,1H3,(H,19,20)(H,21,22). The number of rotatable bonds is 3. The van der Waals surface area contributed by atoms with Gasteiger partial charge in [0.15, 0.2) is 0 Å². The molecule has 0 bridgehead atoms. The molecule has 1 aromatic heterocycles. The molecular weight excluding hydrogens is 300 g/mol. The third-order valence-corrected chi connectivity index (χ3v) is 3.91. The van der Waals surface area contributed by atoms with Crippen LogP contribution in [0.15, 0.2) is 48.7 Å². The van der Waals surface area contributed by atoms with Crippen LogP contribution in [-0.4, -0.2) is 16.1 Å². The molecule has 0 unspecified atom stereocenters. The summed E-state index contributed by atoms with van der Waals surface area (Å²) in [6, 6.07) is 13.0. The summed E-state index contributed by atoms with van der Waals surface area (Å²) in [7, 11) is 0. The second kappa shape index (κ2) is 5.66. The summed E-state index contributed by atoms with van der Waals surface area (Å²) in [5, 5.41) is 13.9. The van der Waals surface area contributed by atoms with Gasteiger partial charge in [-0.1, -0.05) is 29.8 Å². The molecule has 4 nitrogen and oxygen atoms in total. The zero-order valence-corrected chi connectivity index (χ0v) is 12.6. The summed E-state index contributed by atoms with van der Waals surface area (Å²) in [4.78, 5) is 15.8. The number of carboxylic acids is 1. The maximum atomic E-state index is 11.5. The van der Waals surface area contributed by atoms with Crippen molar-refractivity contribution < 1.29 is 9.90 Å². The Kier molecular flexibility index (Phi) is 3.69. The number of aromatic nitrogens is 1. The molecule has 0 amide bonds. The lowest BCUT2D eigenvalue weighted by atomic mass is 10.1. The quantitative estimate of drug-likeness (QED) is 0.739. The van der Waals surface area contributed by atoms with E-state index < -0.39 is 5.97 Å². The van der Waals surface area contributed by atoms with E-state index in [9.17, 15) is 9.90 Å². The van der Waals surface area contributed by atoms with Crippen LogP contribution in [0.1, 0.15) is 15.9 Å². The second-order valence-electron chi connectivity index (χ2n) is 4.91. The summed E-state index contributed by atoms with van der Waals surface area (Å²) in [5.41, 5.74) is 2.97. The zero-order valence-electron chi connectivity index (χ0n) is 11.8. The summed E-state index contributed by atoms with van der Waals surface area (Å²) >= 11 is 6.13. The average Bonchev–Trinajstić information content (AvgIpc) is 2.52. The van der Waals surface area contributed by atoms with E-state index in [2.05, 4.69) is 10.3 Å². The van der Waals surface area contributed by atoms with Gasteiger partial charge in [0.25, 0.3) is 0 Å². The number of anilines is 2. The number of benzene rings is 2. The number of carboxylic acid groups (broad SMARTS) is 1.